The topological polar surface area (TPSA) is 72.9 Å². The summed E-state index contributed by atoms with van der Waals surface area (Å²) in [6.45, 7) is 3.07. The number of ketones is 1. The number of amides is 1. The van der Waals surface area contributed by atoms with Gasteiger partial charge in [0.2, 0.25) is 5.91 Å². The lowest BCUT2D eigenvalue weighted by atomic mass is 9.86. The largest absolute Gasteiger partial charge is 0.425 e. The van der Waals surface area contributed by atoms with E-state index >= 15 is 0 Å². The first kappa shape index (κ1) is 21.0. The molecule has 3 aromatic rings. The fraction of sp³-hybridized carbons (Fsp3) is 0.296. The number of halogens is 1. The monoisotopic (exact) mass is 459 g/mol. The van der Waals surface area contributed by atoms with Crippen molar-refractivity contribution in [2.75, 3.05) is 26.3 Å². The third-order valence-corrected chi connectivity index (χ3v) is 7.70. The molecule has 3 unspecified atom stereocenters. The number of carbonyl (C=O) groups excluding carboxylic acids is 3. The summed E-state index contributed by atoms with van der Waals surface area (Å²) in [4.78, 5) is 43.2. The average molecular weight is 459 g/mol. The van der Waals surface area contributed by atoms with Crippen molar-refractivity contribution in [2.24, 2.45) is 10.8 Å². The minimum Gasteiger partial charge on any atom is -0.425 e. The van der Waals surface area contributed by atoms with Crippen LogP contribution in [0.15, 0.2) is 60.7 Å². The summed E-state index contributed by atoms with van der Waals surface area (Å²) in [7, 11) is 0. The highest BCUT2D eigenvalue weighted by molar-refractivity contribution is 6.22. The molecule has 172 valence electrons. The van der Waals surface area contributed by atoms with E-state index in [4.69, 9.17) is 9.47 Å². The second-order valence-corrected chi connectivity index (χ2v) is 9.27. The molecule has 6 nitrogen and oxygen atoms in total. The van der Waals surface area contributed by atoms with Crippen molar-refractivity contribution in [3.63, 3.8) is 0 Å². The van der Waals surface area contributed by atoms with Gasteiger partial charge in [0.1, 0.15) is 11.6 Å². The Kier molecular flexibility index (Phi) is 4.45. The fourth-order valence-corrected chi connectivity index (χ4v) is 5.96. The van der Waals surface area contributed by atoms with E-state index in [1.54, 1.807) is 17.9 Å². The maximum atomic E-state index is 14.0. The van der Waals surface area contributed by atoms with Crippen molar-refractivity contribution in [2.45, 2.75) is 12.8 Å². The first-order valence-electron chi connectivity index (χ1n) is 11.3. The summed E-state index contributed by atoms with van der Waals surface area (Å²) in [5.41, 5.74) is -2.13. The summed E-state index contributed by atoms with van der Waals surface area (Å²) in [6.07, 6.45) is 0. The van der Waals surface area contributed by atoms with E-state index in [9.17, 15) is 18.8 Å². The van der Waals surface area contributed by atoms with Gasteiger partial charge in [-0.1, -0.05) is 30.3 Å². The number of fused-ring (bicyclic) bond motifs is 5. The zero-order valence-electron chi connectivity index (χ0n) is 18.5. The summed E-state index contributed by atoms with van der Waals surface area (Å²) in [5, 5.41) is 1.77. The Morgan fingerprint density at radius 3 is 2.44 bits per heavy atom. The number of benzene rings is 3. The molecule has 0 radical (unpaired) electrons. The molecule has 7 heteroatoms. The van der Waals surface area contributed by atoms with Crippen LogP contribution < -0.4 is 4.74 Å². The lowest BCUT2D eigenvalue weighted by molar-refractivity contribution is -0.156. The van der Waals surface area contributed by atoms with Crippen LogP contribution in [0.2, 0.25) is 0 Å². The third kappa shape index (κ3) is 2.56. The Hall–Kier alpha value is -3.58. The quantitative estimate of drug-likeness (QED) is 0.258. The molecule has 2 heterocycles. The number of esters is 1. The second kappa shape index (κ2) is 7.21. The van der Waals surface area contributed by atoms with Gasteiger partial charge in [0.05, 0.1) is 18.6 Å². The van der Waals surface area contributed by atoms with Crippen molar-refractivity contribution >= 4 is 28.4 Å². The number of carbonyl (C=O) groups is 3. The Labute approximate surface area is 195 Å². The molecule has 1 aliphatic carbocycles. The zero-order valence-corrected chi connectivity index (χ0v) is 18.5. The van der Waals surface area contributed by atoms with Gasteiger partial charge in [-0.05, 0) is 48.0 Å². The lowest BCUT2D eigenvalue weighted by Gasteiger charge is -2.32. The normalized spacial score (nSPS) is 27.5. The van der Waals surface area contributed by atoms with E-state index in [2.05, 4.69) is 0 Å². The SMILES string of the molecule is CC1(C(=O)c2ccc(F)cc2)C2c3c(ccc4ccccc34)OC(=O)C21C(=O)N1CCOCC1. The van der Waals surface area contributed by atoms with E-state index in [1.807, 2.05) is 30.3 Å². The van der Waals surface area contributed by atoms with E-state index in [0.29, 0.717) is 37.6 Å². The minimum absolute atomic E-state index is 0.252. The van der Waals surface area contributed by atoms with Crippen LogP contribution in [0.4, 0.5) is 4.39 Å². The zero-order chi connectivity index (χ0) is 23.7. The molecule has 34 heavy (non-hydrogen) atoms. The molecule has 0 spiro atoms. The molecule has 1 saturated carbocycles. The van der Waals surface area contributed by atoms with Gasteiger partial charge in [-0.3, -0.25) is 14.4 Å². The molecule has 3 aliphatic rings. The molecule has 1 saturated heterocycles. The van der Waals surface area contributed by atoms with Crippen LogP contribution in [0.3, 0.4) is 0 Å². The number of hydrogen-bond donors (Lipinski definition) is 0. The summed E-state index contributed by atoms with van der Waals surface area (Å²) in [6, 6.07) is 16.4. The van der Waals surface area contributed by atoms with Gasteiger partial charge < -0.3 is 14.4 Å². The molecule has 1 amide bonds. The van der Waals surface area contributed by atoms with Gasteiger partial charge in [0, 0.05) is 30.1 Å². The van der Waals surface area contributed by atoms with E-state index in [1.165, 1.54) is 24.3 Å². The van der Waals surface area contributed by atoms with Crippen LogP contribution in [0, 0.1) is 16.6 Å². The predicted molar refractivity (Wildman–Crippen MR) is 121 cm³/mol. The number of ether oxygens (including phenoxy) is 2. The summed E-state index contributed by atoms with van der Waals surface area (Å²) < 4.78 is 24.8. The molecule has 2 aliphatic heterocycles. The van der Waals surface area contributed by atoms with Crippen LogP contribution in [0.5, 0.6) is 5.75 Å². The van der Waals surface area contributed by atoms with Crippen molar-refractivity contribution in [3.05, 3.63) is 77.6 Å². The molecule has 0 aromatic heterocycles. The number of rotatable bonds is 3. The summed E-state index contributed by atoms with van der Waals surface area (Å²) in [5.74, 6) is -2.30. The van der Waals surface area contributed by atoms with Gasteiger partial charge in [-0.15, -0.1) is 0 Å². The molecule has 6 rings (SSSR count). The Morgan fingerprint density at radius 1 is 1.00 bits per heavy atom. The third-order valence-electron chi connectivity index (χ3n) is 7.70. The van der Waals surface area contributed by atoms with Crippen LogP contribution in [0.1, 0.15) is 28.8 Å². The van der Waals surface area contributed by atoms with Crippen LogP contribution in [0.25, 0.3) is 10.8 Å². The molecule has 3 atom stereocenters. The van der Waals surface area contributed by atoms with E-state index in [0.717, 1.165) is 10.8 Å². The van der Waals surface area contributed by atoms with Crippen molar-refractivity contribution in [3.8, 4) is 5.75 Å². The van der Waals surface area contributed by atoms with Crippen LogP contribution in [-0.2, 0) is 14.3 Å². The van der Waals surface area contributed by atoms with Gasteiger partial charge in [-0.2, -0.15) is 0 Å². The van der Waals surface area contributed by atoms with Crippen LogP contribution >= 0.6 is 0 Å². The van der Waals surface area contributed by atoms with Crippen LogP contribution in [-0.4, -0.2) is 48.9 Å². The van der Waals surface area contributed by atoms with E-state index in [-0.39, 0.29) is 11.3 Å². The highest BCUT2D eigenvalue weighted by atomic mass is 19.1. The first-order valence-corrected chi connectivity index (χ1v) is 11.3. The van der Waals surface area contributed by atoms with Crippen molar-refractivity contribution in [1.29, 1.82) is 0 Å². The molecule has 3 aromatic carbocycles. The maximum absolute atomic E-state index is 14.0. The summed E-state index contributed by atoms with van der Waals surface area (Å²) >= 11 is 0. The second-order valence-electron chi connectivity index (χ2n) is 9.27. The number of hydrogen-bond acceptors (Lipinski definition) is 5. The molecular formula is C27H22FNO5. The van der Waals surface area contributed by atoms with Gasteiger partial charge in [-0.25, -0.2) is 4.39 Å². The Morgan fingerprint density at radius 2 is 1.71 bits per heavy atom. The predicted octanol–water partition coefficient (Wildman–Crippen LogP) is 3.73. The first-order chi connectivity index (χ1) is 16.4. The highest BCUT2D eigenvalue weighted by Gasteiger charge is 2.88. The van der Waals surface area contributed by atoms with Gasteiger partial charge >= 0.3 is 5.97 Å². The number of Topliss-reactive ketones (excluding diaryl/α,β-unsaturated/α-hetero) is 1. The Bertz CT molecular complexity index is 1360. The maximum Gasteiger partial charge on any atom is 0.328 e. The molecule has 0 bridgehead atoms. The number of nitrogens with zero attached hydrogens (tertiary/aromatic N) is 1. The highest BCUT2D eigenvalue weighted by Crippen LogP contribution is 2.79. The smallest absolute Gasteiger partial charge is 0.328 e. The van der Waals surface area contributed by atoms with Crippen molar-refractivity contribution in [1.82, 2.24) is 4.90 Å². The van der Waals surface area contributed by atoms with Gasteiger partial charge in [0.25, 0.3) is 0 Å². The molecule has 2 fully saturated rings. The van der Waals surface area contributed by atoms with E-state index < -0.39 is 34.4 Å². The lowest BCUT2D eigenvalue weighted by Crippen LogP contribution is -2.50. The van der Waals surface area contributed by atoms with Crippen molar-refractivity contribution < 1.29 is 28.2 Å². The standard InChI is InChI=1S/C27H22FNO5/c1-26(23(30)17-6-9-18(28)10-7-17)22-21-19-5-3-2-4-16(19)8-11-20(21)34-25(32)27(22,26)24(31)29-12-14-33-15-13-29/h2-11,22H,12-15H2,1H3. The molecule has 0 N–H and O–H groups in total. The number of morpholine rings is 1. The molecular weight excluding hydrogens is 437 g/mol. The average Bonchev–Trinajstić information content (AvgIpc) is 3.46. The van der Waals surface area contributed by atoms with Gasteiger partial charge in [0.15, 0.2) is 11.2 Å². The fourth-order valence-electron chi connectivity index (χ4n) is 5.96. The Balaban J connectivity index is 1.57. The minimum atomic E-state index is -1.69.